The average Bonchev–Trinajstić information content (AvgIpc) is 2.85. The zero-order valence-electron chi connectivity index (χ0n) is 19.5. The topological polar surface area (TPSA) is 12.0 Å². The molecule has 0 aliphatic heterocycles. The lowest BCUT2D eigenvalue weighted by Crippen LogP contribution is -2.04. The molecule has 0 heterocycles. The summed E-state index contributed by atoms with van der Waals surface area (Å²) in [6.45, 7) is 8.30. The predicted molar refractivity (Wildman–Crippen MR) is 145 cm³/mol. The molecular weight excluding hydrogens is 398 g/mol. The molecular formula is C32H31N. The zero-order chi connectivity index (χ0) is 23.0. The van der Waals surface area contributed by atoms with Crippen LogP contribution in [0.5, 0.6) is 0 Å². The second kappa shape index (κ2) is 10.7. The van der Waals surface area contributed by atoms with E-state index in [1.165, 1.54) is 33.5 Å². The molecule has 0 amide bonds. The molecule has 0 bridgehead atoms. The fourth-order valence-electron chi connectivity index (χ4n) is 3.94. The molecule has 1 heteroatoms. The Morgan fingerprint density at radius 2 is 1.73 bits per heavy atom. The van der Waals surface area contributed by atoms with Crippen LogP contribution >= 0.6 is 0 Å². The summed E-state index contributed by atoms with van der Waals surface area (Å²) in [7, 11) is 0. The molecule has 1 atom stereocenters. The lowest BCUT2D eigenvalue weighted by Gasteiger charge is -2.16. The second-order valence-corrected chi connectivity index (χ2v) is 8.57. The van der Waals surface area contributed by atoms with Gasteiger partial charge in [0.2, 0.25) is 0 Å². The molecule has 0 fully saturated rings. The molecule has 0 radical (unpaired) electrons. The molecule has 0 aromatic heterocycles. The third kappa shape index (κ3) is 5.90. The van der Waals surface area contributed by atoms with Crippen LogP contribution in [0.15, 0.2) is 122 Å². The number of benzene rings is 3. The Morgan fingerprint density at radius 1 is 0.970 bits per heavy atom. The van der Waals surface area contributed by atoms with E-state index < -0.39 is 0 Å². The predicted octanol–water partition coefficient (Wildman–Crippen LogP) is 8.84. The lowest BCUT2D eigenvalue weighted by molar-refractivity contribution is 0.731. The van der Waals surface area contributed by atoms with Gasteiger partial charge in [-0.3, -0.25) is 0 Å². The number of nitrogens with one attached hydrogen (secondary N) is 1. The highest BCUT2D eigenvalue weighted by atomic mass is 14.9. The second-order valence-electron chi connectivity index (χ2n) is 8.57. The SMILES string of the molecule is C=C/C=C(\C=C/c1ccc(-c2ccccc2)cc1)c1ccc(NC2=CCC(C)C=C2)c(C)c1. The summed E-state index contributed by atoms with van der Waals surface area (Å²) < 4.78 is 0. The first-order valence-corrected chi connectivity index (χ1v) is 11.5. The maximum Gasteiger partial charge on any atom is 0.0414 e. The van der Waals surface area contributed by atoms with Crippen LogP contribution < -0.4 is 5.32 Å². The van der Waals surface area contributed by atoms with Gasteiger partial charge in [0.25, 0.3) is 0 Å². The minimum absolute atomic E-state index is 0.618. The highest BCUT2D eigenvalue weighted by molar-refractivity contribution is 5.81. The smallest absolute Gasteiger partial charge is 0.0414 e. The van der Waals surface area contributed by atoms with Gasteiger partial charge in [0, 0.05) is 11.4 Å². The zero-order valence-corrected chi connectivity index (χ0v) is 19.5. The highest BCUT2D eigenvalue weighted by Gasteiger charge is 2.07. The van der Waals surface area contributed by atoms with E-state index in [4.69, 9.17) is 0 Å². The highest BCUT2D eigenvalue weighted by Crippen LogP contribution is 2.26. The van der Waals surface area contributed by atoms with E-state index in [9.17, 15) is 0 Å². The van der Waals surface area contributed by atoms with Crippen molar-refractivity contribution < 1.29 is 0 Å². The molecule has 164 valence electrons. The van der Waals surface area contributed by atoms with E-state index in [1.807, 2.05) is 12.1 Å². The third-order valence-corrected chi connectivity index (χ3v) is 5.92. The summed E-state index contributed by atoms with van der Waals surface area (Å²) in [5.41, 5.74) is 9.48. The molecule has 4 rings (SSSR count). The van der Waals surface area contributed by atoms with Gasteiger partial charge in [-0.25, -0.2) is 0 Å². The maximum absolute atomic E-state index is 3.91. The van der Waals surface area contributed by atoms with Crippen molar-refractivity contribution in [1.82, 2.24) is 0 Å². The minimum atomic E-state index is 0.618. The van der Waals surface area contributed by atoms with Crippen molar-refractivity contribution in [2.24, 2.45) is 5.92 Å². The molecule has 3 aromatic carbocycles. The van der Waals surface area contributed by atoms with Crippen LogP contribution in [-0.2, 0) is 0 Å². The number of aryl methyl sites for hydroxylation is 1. The van der Waals surface area contributed by atoms with E-state index in [0.29, 0.717) is 5.92 Å². The molecule has 0 saturated heterocycles. The summed E-state index contributed by atoms with van der Waals surface area (Å²) in [6.07, 6.45) is 16.0. The Morgan fingerprint density at radius 3 is 2.39 bits per heavy atom. The van der Waals surface area contributed by atoms with Crippen LogP contribution in [0.4, 0.5) is 5.69 Å². The van der Waals surface area contributed by atoms with Crippen LogP contribution in [-0.4, -0.2) is 0 Å². The maximum atomic E-state index is 3.91. The van der Waals surface area contributed by atoms with Gasteiger partial charge in [-0.2, -0.15) is 0 Å². The van der Waals surface area contributed by atoms with Gasteiger partial charge in [0.15, 0.2) is 0 Å². The van der Waals surface area contributed by atoms with Gasteiger partial charge in [0.05, 0.1) is 0 Å². The Hall–Kier alpha value is -3.84. The molecule has 1 aliphatic carbocycles. The first kappa shape index (κ1) is 22.4. The van der Waals surface area contributed by atoms with Gasteiger partial charge >= 0.3 is 0 Å². The van der Waals surface area contributed by atoms with Crippen LogP contribution in [0.3, 0.4) is 0 Å². The molecule has 1 N–H and O–H groups in total. The molecule has 0 spiro atoms. The monoisotopic (exact) mass is 429 g/mol. The van der Waals surface area contributed by atoms with Crippen LogP contribution in [0.25, 0.3) is 22.8 Å². The first-order chi connectivity index (χ1) is 16.1. The number of anilines is 1. The van der Waals surface area contributed by atoms with E-state index in [2.05, 4.69) is 129 Å². The first-order valence-electron chi connectivity index (χ1n) is 11.5. The van der Waals surface area contributed by atoms with Gasteiger partial charge in [-0.15, -0.1) is 0 Å². The Bertz CT molecular complexity index is 1220. The summed E-state index contributed by atoms with van der Waals surface area (Å²) in [5.74, 6) is 0.618. The lowest BCUT2D eigenvalue weighted by atomic mass is 9.99. The van der Waals surface area contributed by atoms with E-state index >= 15 is 0 Å². The minimum Gasteiger partial charge on any atom is -0.356 e. The normalized spacial score (nSPS) is 16.0. The van der Waals surface area contributed by atoms with Gasteiger partial charge < -0.3 is 5.32 Å². The average molecular weight is 430 g/mol. The largest absolute Gasteiger partial charge is 0.356 e. The summed E-state index contributed by atoms with van der Waals surface area (Å²) in [4.78, 5) is 0. The van der Waals surface area contributed by atoms with Gasteiger partial charge in [-0.1, -0.05) is 111 Å². The Labute approximate surface area is 198 Å². The van der Waals surface area contributed by atoms with E-state index in [1.54, 1.807) is 0 Å². The van der Waals surface area contributed by atoms with Crippen molar-refractivity contribution in [2.75, 3.05) is 5.32 Å². The van der Waals surface area contributed by atoms with Crippen LogP contribution in [0, 0.1) is 12.8 Å². The molecule has 3 aromatic rings. The van der Waals surface area contributed by atoms with Crippen LogP contribution in [0.2, 0.25) is 0 Å². The Balaban J connectivity index is 1.50. The van der Waals surface area contributed by atoms with Crippen molar-refractivity contribution in [2.45, 2.75) is 20.3 Å². The summed E-state index contributed by atoms with van der Waals surface area (Å²) in [6, 6.07) is 25.7. The van der Waals surface area contributed by atoms with Crippen molar-refractivity contribution in [3.05, 3.63) is 138 Å². The van der Waals surface area contributed by atoms with Crippen molar-refractivity contribution in [3.8, 4) is 11.1 Å². The molecule has 1 nitrogen and oxygen atoms in total. The van der Waals surface area contributed by atoms with Crippen molar-refractivity contribution in [1.29, 1.82) is 0 Å². The van der Waals surface area contributed by atoms with E-state index in [0.717, 1.165) is 17.7 Å². The number of hydrogen-bond donors (Lipinski definition) is 1. The van der Waals surface area contributed by atoms with Gasteiger partial charge in [-0.05, 0) is 70.9 Å². The van der Waals surface area contributed by atoms with Gasteiger partial charge in [0.1, 0.15) is 0 Å². The molecule has 1 aliphatic rings. The molecule has 1 unspecified atom stereocenters. The van der Waals surface area contributed by atoms with Crippen molar-refractivity contribution >= 4 is 17.3 Å². The third-order valence-electron chi connectivity index (χ3n) is 5.92. The van der Waals surface area contributed by atoms with E-state index in [-0.39, 0.29) is 0 Å². The number of hydrogen-bond acceptors (Lipinski definition) is 1. The van der Waals surface area contributed by atoms with Crippen molar-refractivity contribution in [3.63, 3.8) is 0 Å². The summed E-state index contributed by atoms with van der Waals surface area (Å²) in [5, 5.41) is 3.56. The number of rotatable bonds is 7. The molecule has 0 saturated carbocycles. The van der Waals surface area contributed by atoms with Crippen LogP contribution in [0.1, 0.15) is 30.0 Å². The molecule has 33 heavy (non-hydrogen) atoms. The summed E-state index contributed by atoms with van der Waals surface area (Å²) >= 11 is 0. The fourth-order valence-corrected chi connectivity index (χ4v) is 3.94. The Kier molecular flexibility index (Phi) is 7.22. The number of allylic oxidation sites excluding steroid dienone is 7. The standard InChI is InChI=1S/C32H31N/c1-4-8-27(16-13-26-14-17-29(18-15-26)28-9-6-5-7-10-28)30-19-22-32(25(3)23-30)33-31-20-11-24(2)12-21-31/h4-11,13-24,33H,1,12H2,2-3H3/b16-13-,27-8+. The quantitative estimate of drug-likeness (QED) is 0.370. The fraction of sp³-hybridized carbons (Fsp3) is 0.125.